The number of aliphatic hydroxyl groups is 1. The van der Waals surface area contributed by atoms with Crippen molar-refractivity contribution in [2.45, 2.75) is 39.7 Å². The highest BCUT2D eigenvalue weighted by molar-refractivity contribution is 7.10. The van der Waals surface area contributed by atoms with Crippen LogP contribution in [0.4, 0.5) is 0 Å². The van der Waals surface area contributed by atoms with Gasteiger partial charge >= 0.3 is 0 Å². The van der Waals surface area contributed by atoms with Gasteiger partial charge in [0.2, 0.25) is 0 Å². The van der Waals surface area contributed by atoms with Crippen LogP contribution >= 0.6 is 11.3 Å². The molecule has 1 N–H and O–H groups in total. The molecule has 1 heterocycles. The molecule has 1 nitrogen and oxygen atoms in total. The van der Waals surface area contributed by atoms with Crippen molar-refractivity contribution in [3.05, 3.63) is 21.9 Å². The summed E-state index contributed by atoms with van der Waals surface area (Å²) in [5.41, 5.74) is 0.442. The Morgan fingerprint density at radius 2 is 2.15 bits per heavy atom. The van der Waals surface area contributed by atoms with Gasteiger partial charge in [0.1, 0.15) is 0 Å². The van der Waals surface area contributed by atoms with E-state index in [2.05, 4.69) is 32.2 Å². The largest absolute Gasteiger partial charge is 0.385 e. The molecule has 0 saturated heterocycles. The molecule has 2 heteroatoms. The van der Waals surface area contributed by atoms with Crippen LogP contribution in [-0.4, -0.2) is 5.11 Å². The molecule has 0 aliphatic carbocycles. The van der Waals surface area contributed by atoms with Gasteiger partial charge in [-0.25, -0.2) is 0 Å². The maximum absolute atomic E-state index is 10.4. The van der Waals surface area contributed by atoms with E-state index in [1.54, 1.807) is 11.3 Å². The zero-order valence-electron chi connectivity index (χ0n) is 8.79. The van der Waals surface area contributed by atoms with E-state index in [1.807, 2.05) is 6.92 Å². The Labute approximate surface area is 84.4 Å². The molecule has 1 rings (SSSR count). The van der Waals surface area contributed by atoms with Crippen molar-refractivity contribution in [2.75, 3.05) is 0 Å². The average molecular weight is 198 g/mol. The third-order valence-corrected chi connectivity index (χ3v) is 3.59. The molecule has 0 amide bonds. The normalized spacial score (nSPS) is 16.2. The summed E-state index contributed by atoms with van der Waals surface area (Å²) in [4.78, 5) is 1.27. The molecular formula is C11H18OS. The van der Waals surface area contributed by atoms with Crippen molar-refractivity contribution in [2.24, 2.45) is 5.92 Å². The third-order valence-electron chi connectivity index (χ3n) is 2.72. The minimum absolute atomic E-state index is 0.270. The second kappa shape index (κ2) is 3.81. The van der Waals surface area contributed by atoms with Gasteiger partial charge in [0.15, 0.2) is 0 Å². The first-order valence-electron chi connectivity index (χ1n) is 4.78. The molecule has 0 aliphatic rings. The lowest BCUT2D eigenvalue weighted by Gasteiger charge is -2.30. The van der Waals surface area contributed by atoms with E-state index in [4.69, 9.17) is 0 Å². The molecule has 0 fully saturated rings. The van der Waals surface area contributed by atoms with Crippen LogP contribution in [0.15, 0.2) is 11.4 Å². The lowest BCUT2D eigenvalue weighted by Crippen LogP contribution is -2.30. The molecule has 0 bridgehead atoms. The quantitative estimate of drug-likeness (QED) is 0.790. The van der Waals surface area contributed by atoms with E-state index < -0.39 is 5.60 Å². The minimum atomic E-state index is -0.634. The Hall–Kier alpha value is -0.340. The van der Waals surface area contributed by atoms with Crippen molar-refractivity contribution >= 4 is 11.3 Å². The van der Waals surface area contributed by atoms with E-state index in [0.29, 0.717) is 0 Å². The summed E-state index contributed by atoms with van der Waals surface area (Å²) in [7, 11) is 0. The first kappa shape index (κ1) is 10.7. The zero-order valence-corrected chi connectivity index (χ0v) is 9.61. The summed E-state index contributed by atoms with van der Waals surface area (Å²) in [6.45, 7) is 8.24. The van der Waals surface area contributed by atoms with Crippen LogP contribution < -0.4 is 0 Å². The van der Waals surface area contributed by atoms with Crippen LogP contribution in [0.2, 0.25) is 0 Å². The van der Waals surface area contributed by atoms with Crippen molar-refractivity contribution < 1.29 is 5.11 Å². The fraction of sp³-hybridized carbons (Fsp3) is 0.636. The Morgan fingerprint density at radius 3 is 2.46 bits per heavy atom. The Bertz CT molecular complexity index is 277. The number of aryl methyl sites for hydroxylation is 1. The fourth-order valence-electron chi connectivity index (χ4n) is 1.62. The van der Waals surface area contributed by atoms with Gasteiger partial charge in [0.05, 0.1) is 5.60 Å². The highest BCUT2D eigenvalue weighted by Gasteiger charge is 2.31. The molecule has 1 aromatic heterocycles. The minimum Gasteiger partial charge on any atom is -0.385 e. The monoisotopic (exact) mass is 198 g/mol. The summed E-state index contributed by atoms with van der Waals surface area (Å²) < 4.78 is 0. The predicted molar refractivity (Wildman–Crippen MR) is 58.1 cm³/mol. The molecule has 0 aliphatic heterocycles. The molecule has 0 spiro atoms. The van der Waals surface area contributed by atoms with Crippen LogP contribution in [0.3, 0.4) is 0 Å². The smallest absolute Gasteiger partial charge is 0.0924 e. The molecular weight excluding hydrogens is 180 g/mol. The number of hydrogen-bond acceptors (Lipinski definition) is 2. The Morgan fingerprint density at radius 1 is 1.54 bits per heavy atom. The summed E-state index contributed by atoms with van der Waals surface area (Å²) in [6.07, 6.45) is 0.779. The van der Waals surface area contributed by atoms with Crippen LogP contribution in [0.1, 0.15) is 37.6 Å². The highest BCUT2D eigenvalue weighted by Crippen LogP contribution is 2.35. The Kier molecular flexibility index (Phi) is 3.14. The van der Waals surface area contributed by atoms with Gasteiger partial charge in [-0.05, 0) is 36.3 Å². The number of hydrogen-bond donors (Lipinski definition) is 1. The highest BCUT2D eigenvalue weighted by atomic mass is 32.1. The van der Waals surface area contributed by atoms with Crippen molar-refractivity contribution in [3.8, 4) is 0 Å². The van der Waals surface area contributed by atoms with E-state index in [-0.39, 0.29) is 5.92 Å². The van der Waals surface area contributed by atoms with Gasteiger partial charge in [0.25, 0.3) is 0 Å². The summed E-state index contributed by atoms with van der Waals surface area (Å²) in [5, 5.41) is 12.5. The third kappa shape index (κ3) is 1.94. The molecule has 74 valence electrons. The van der Waals surface area contributed by atoms with E-state index in [0.717, 1.165) is 12.0 Å². The average Bonchev–Trinajstić information content (AvgIpc) is 2.50. The topological polar surface area (TPSA) is 20.2 Å². The zero-order chi connectivity index (χ0) is 10.1. The number of rotatable bonds is 3. The van der Waals surface area contributed by atoms with Crippen LogP contribution in [0.5, 0.6) is 0 Å². The molecule has 0 saturated carbocycles. The van der Waals surface area contributed by atoms with Gasteiger partial charge in [-0.2, -0.15) is 0 Å². The van der Waals surface area contributed by atoms with Gasteiger partial charge in [-0.3, -0.25) is 0 Å². The van der Waals surface area contributed by atoms with Crippen LogP contribution in [0.25, 0.3) is 0 Å². The lowest BCUT2D eigenvalue weighted by molar-refractivity contribution is -0.0136. The predicted octanol–water partition coefficient (Wildman–Crippen LogP) is 3.31. The SMILES string of the molecule is CCC(O)(c1csc(C)c1)C(C)C. The molecule has 1 unspecified atom stereocenters. The molecule has 13 heavy (non-hydrogen) atoms. The molecule has 1 aromatic rings. The number of thiophene rings is 1. The molecule has 1 atom stereocenters. The van der Waals surface area contributed by atoms with Crippen molar-refractivity contribution in [1.29, 1.82) is 0 Å². The standard InChI is InChI=1S/C11H18OS/c1-5-11(12,8(2)3)10-6-9(4)13-7-10/h6-8,12H,5H2,1-4H3. The van der Waals surface area contributed by atoms with E-state index >= 15 is 0 Å². The molecule has 0 radical (unpaired) electrons. The maximum Gasteiger partial charge on any atom is 0.0924 e. The van der Waals surface area contributed by atoms with Crippen LogP contribution in [0, 0.1) is 12.8 Å². The van der Waals surface area contributed by atoms with E-state index in [1.165, 1.54) is 4.88 Å². The van der Waals surface area contributed by atoms with Gasteiger partial charge < -0.3 is 5.11 Å². The second-order valence-corrected chi connectivity index (χ2v) is 4.99. The fourth-order valence-corrected chi connectivity index (χ4v) is 2.40. The van der Waals surface area contributed by atoms with Crippen molar-refractivity contribution in [1.82, 2.24) is 0 Å². The summed E-state index contributed by atoms with van der Waals surface area (Å²) in [5.74, 6) is 0.270. The first-order chi connectivity index (χ1) is 6.00. The molecule has 0 aromatic carbocycles. The maximum atomic E-state index is 10.4. The summed E-state index contributed by atoms with van der Waals surface area (Å²) in [6, 6.07) is 2.09. The van der Waals surface area contributed by atoms with Gasteiger partial charge in [0, 0.05) is 4.88 Å². The summed E-state index contributed by atoms with van der Waals surface area (Å²) >= 11 is 1.70. The Balaban J connectivity index is 3.02. The first-order valence-corrected chi connectivity index (χ1v) is 5.66. The van der Waals surface area contributed by atoms with Gasteiger partial charge in [-0.15, -0.1) is 11.3 Å². The van der Waals surface area contributed by atoms with Crippen LogP contribution in [-0.2, 0) is 5.60 Å². The second-order valence-electron chi connectivity index (χ2n) is 3.88. The van der Waals surface area contributed by atoms with E-state index in [9.17, 15) is 5.11 Å². The van der Waals surface area contributed by atoms with Crippen molar-refractivity contribution in [3.63, 3.8) is 0 Å². The lowest BCUT2D eigenvalue weighted by atomic mass is 9.83. The van der Waals surface area contributed by atoms with Gasteiger partial charge in [-0.1, -0.05) is 20.8 Å².